The summed E-state index contributed by atoms with van der Waals surface area (Å²) in [6, 6.07) is 12.9. The summed E-state index contributed by atoms with van der Waals surface area (Å²) in [5.74, 6) is 3.06. The van der Waals surface area contributed by atoms with E-state index in [1.165, 1.54) is 26.1 Å². The van der Waals surface area contributed by atoms with Crippen molar-refractivity contribution in [2.45, 2.75) is 58.5 Å². The lowest BCUT2D eigenvalue weighted by molar-refractivity contribution is 0.197. The van der Waals surface area contributed by atoms with Gasteiger partial charge < -0.3 is 14.2 Å². The van der Waals surface area contributed by atoms with Crippen molar-refractivity contribution < 1.29 is 14.2 Å². The molecule has 0 saturated carbocycles. The van der Waals surface area contributed by atoms with Crippen molar-refractivity contribution >= 4 is 21.4 Å². The first-order chi connectivity index (χ1) is 14.9. The molecule has 1 unspecified atom stereocenters. The van der Waals surface area contributed by atoms with Crippen LogP contribution in [0.2, 0.25) is 0 Å². The number of methoxy groups -OCH3 is 2. The van der Waals surface area contributed by atoms with E-state index < -0.39 is 0 Å². The molecule has 0 saturated heterocycles. The van der Waals surface area contributed by atoms with Gasteiger partial charge >= 0.3 is 0 Å². The van der Waals surface area contributed by atoms with Gasteiger partial charge in [-0.1, -0.05) is 39.3 Å². The van der Waals surface area contributed by atoms with Gasteiger partial charge in [-0.25, -0.2) is 0 Å². The van der Waals surface area contributed by atoms with Crippen LogP contribution in [0.25, 0.3) is 10.1 Å². The first-order valence-corrected chi connectivity index (χ1v) is 11.9. The highest BCUT2D eigenvalue weighted by Gasteiger charge is 2.46. The SMILES string of the molecule is CCCC1=CC1(Cc1cc2c(C)c(OC)c(OC)cc2s1)Oc1ccc(C(C)C)cc1. The Morgan fingerprint density at radius 2 is 1.77 bits per heavy atom. The van der Waals surface area contributed by atoms with E-state index in [1.54, 1.807) is 14.2 Å². The van der Waals surface area contributed by atoms with Gasteiger partial charge in [0.1, 0.15) is 5.75 Å². The molecule has 0 fully saturated rings. The molecule has 1 aliphatic rings. The van der Waals surface area contributed by atoms with Gasteiger partial charge in [-0.3, -0.25) is 0 Å². The largest absolute Gasteiger partial charge is 0.493 e. The van der Waals surface area contributed by atoms with E-state index in [9.17, 15) is 0 Å². The van der Waals surface area contributed by atoms with Gasteiger partial charge in [-0.05, 0) is 60.1 Å². The van der Waals surface area contributed by atoms with E-state index in [0.717, 1.165) is 42.1 Å². The molecule has 1 atom stereocenters. The maximum Gasteiger partial charge on any atom is 0.164 e. The Labute approximate surface area is 189 Å². The molecule has 3 aromatic rings. The van der Waals surface area contributed by atoms with Crippen LogP contribution in [0.4, 0.5) is 0 Å². The van der Waals surface area contributed by atoms with Crippen molar-refractivity contribution in [3.63, 3.8) is 0 Å². The van der Waals surface area contributed by atoms with Crippen molar-refractivity contribution in [3.05, 3.63) is 64.1 Å². The Morgan fingerprint density at radius 3 is 2.39 bits per heavy atom. The van der Waals surface area contributed by atoms with E-state index in [-0.39, 0.29) is 5.60 Å². The summed E-state index contributed by atoms with van der Waals surface area (Å²) in [6.45, 7) is 8.75. The highest BCUT2D eigenvalue weighted by molar-refractivity contribution is 7.19. The molecular formula is C27H32O3S. The van der Waals surface area contributed by atoms with Crippen LogP contribution in [0.5, 0.6) is 17.2 Å². The van der Waals surface area contributed by atoms with E-state index in [4.69, 9.17) is 14.2 Å². The molecule has 3 nitrogen and oxygen atoms in total. The van der Waals surface area contributed by atoms with Crippen LogP contribution in [0.1, 0.15) is 55.5 Å². The fourth-order valence-corrected chi connectivity index (χ4v) is 5.56. The average molecular weight is 437 g/mol. The highest BCUT2D eigenvalue weighted by Crippen LogP contribution is 2.47. The first kappa shape index (κ1) is 21.8. The van der Waals surface area contributed by atoms with Crippen LogP contribution in [-0.2, 0) is 6.42 Å². The Balaban J connectivity index is 1.62. The van der Waals surface area contributed by atoms with Crippen LogP contribution < -0.4 is 14.2 Å². The molecule has 2 aromatic carbocycles. The maximum atomic E-state index is 6.60. The summed E-state index contributed by atoms with van der Waals surface area (Å²) in [5.41, 5.74) is 3.57. The second-order valence-corrected chi connectivity index (χ2v) is 9.84. The van der Waals surface area contributed by atoms with Crippen LogP contribution >= 0.6 is 11.3 Å². The zero-order valence-corrected chi connectivity index (χ0v) is 20.2. The van der Waals surface area contributed by atoms with Gasteiger partial charge in [-0.15, -0.1) is 11.3 Å². The van der Waals surface area contributed by atoms with E-state index in [2.05, 4.69) is 70.2 Å². The topological polar surface area (TPSA) is 27.7 Å². The number of rotatable bonds is 9. The minimum atomic E-state index is -0.293. The summed E-state index contributed by atoms with van der Waals surface area (Å²) >= 11 is 1.82. The number of hydrogen-bond donors (Lipinski definition) is 0. The summed E-state index contributed by atoms with van der Waals surface area (Å²) in [7, 11) is 3.39. The summed E-state index contributed by atoms with van der Waals surface area (Å²) in [5, 5.41) is 1.23. The number of ether oxygens (including phenoxy) is 3. The molecule has 1 aromatic heterocycles. The van der Waals surface area contributed by atoms with Gasteiger partial charge in [0.15, 0.2) is 17.1 Å². The van der Waals surface area contributed by atoms with Crippen molar-refractivity contribution in [2.24, 2.45) is 0 Å². The first-order valence-electron chi connectivity index (χ1n) is 11.1. The van der Waals surface area contributed by atoms with Crippen molar-refractivity contribution in [1.82, 2.24) is 0 Å². The Kier molecular flexibility index (Phi) is 6.02. The van der Waals surface area contributed by atoms with Gasteiger partial charge in [0.25, 0.3) is 0 Å². The minimum absolute atomic E-state index is 0.293. The number of hydrogen-bond acceptors (Lipinski definition) is 4. The summed E-state index contributed by atoms with van der Waals surface area (Å²) in [4.78, 5) is 1.31. The van der Waals surface area contributed by atoms with Gasteiger partial charge in [-0.2, -0.15) is 0 Å². The van der Waals surface area contributed by atoms with E-state index in [1.807, 2.05) is 11.3 Å². The lowest BCUT2D eigenvalue weighted by Crippen LogP contribution is -2.25. The molecule has 1 heterocycles. The molecule has 31 heavy (non-hydrogen) atoms. The normalized spacial score (nSPS) is 17.7. The Hall–Kier alpha value is -2.46. The fourth-order valence-electron chi connectivity index (χ4n) is 4.33. The number of aryl methyl sites for hydroxylation is 1. The lowest BCUT2D eigenvalue weighted by atomic mass is 10.0. The van der Waals surface area contributed by atoms with Gasteiger partial charge in [0.05, 0.1) is 14.2 Å². The van der Waals surface area contributed by atoms with Crippen LogP contribution in [-0.4, -0.2) is 19.8 Å². The Bertz CT molecular complexity index is 1110. The minimum Gasteiger partial charge on any atom is -0.493 e. The Morgan fingerprint density at radius 1 is 1.03 bits per heavy atom. The summed E-state index contributed by atoms with van der Waals surface area (Å²) in [6.07, 6.45) is 5.38. The maximum absolute atomic E-state index is 6.60. The smallest absolute Gasteiger partial charge is 0.164 e. The van der Waals surface area contributed by atoms with Crippen molar-refractivity contribution in [3.8, 4) is 17.2 Å². The monoisotopic (exact) mass is 436 g/mol. The molecule has 4 heteroatoms. The molecule has 0 radical (unpaired) electrons. The summed E-state index contributed by atoms with van der Waals surface area (Å²) < 4.78 is 19.0. The van der Waals surface area contributed by atoms with Crippen LogP contribution in [0, 0.1) is 6.92 Å². The molecule has 0 aliphatic heterocycles. The number of benzene rings is 2. The quantitative estimate of drug-likeness (QED) is 0.326. The third kappa shape index (κ3) is 4.18. The molecule has 0 amide bonds. The highest BCUT2D eigenvalue weighted by atomic mass is 32.1. The molecule has 1 aliphatic carbocycles. The zero-order chi connectivity index (χ0) is 22.2. The van der Waals surface area contributed by atoms with Gasteiger partial charge in [0, 0.05) is 27.6 Å². The second kappa shape index (κ2) is 8.58. The zero-order valence-electron chi connectivity index (χ0n) is 19.4. The lowest BCUT2D eigenvalue weighted by Gasteiger charge is -2.21. The number of thiophene rings is 1. The van der Waals surface area contributed by atoms with Crippen LogP contribution in [0.15, 0.2) is 48.0 Å². The van der Waals surface area contributed by atoms with Gasteiger partial charge in [0.2, 0.25) is 0 Å². The average Bonchev–Trinajstić information content (AvgIpc) is 3.23. The third-order valence-corrected chi connectivity index (χ3v) is 7.22. The molecule has 4 rings (SSSR count). The number of fused-ring (bicyclic) bond motifs is 1. The second-order valence-electron chi connectivity index (χ2n) is 8.67. The predicted molar refractivity (Wildman–Crippen MR) is 130 cm³/mol. The van der Waals surface area contributed by atoms with Crippen molar-refractivity contribution in [1.29, 1.82) is 0 Å². The molecule has 0 bridgehead atoms. The molecular weight excluding hydrogens is 404 g/mol. The fraction of sp³-hybridized carbons (Fsp3) is 0.407. The molecule has 0 spiro atoms. The van der Waals surface area contributed by atoms with E-state index in [0.29, 0.717) is 5.92 Å². The van der Waals surface area contributed by atoms with E-state index >= 15 is 0 Å². The molecule has 0 N–H and O–H groups in total. The van der Waals surface area contributed by atoms with Crippen LogP contribution in [0.3, 0.4) is 0 Å². The third-order valence-electron chi connectivity index (χ3n) is 6.14. The standard InChI is InChI=1S/C27H32O3S/c1-7-8-20-15-27(20,30-21-11-9-19(10-12-21)17(2)3)16-22-13-23-18(4)26(29-6)24(28-5)14-25(23)31-22/h9-15,17H,7-8,16H2,1-6H3. The predicted octanol–water partition coefficient (Wildman–Crippen LogP) is 7.45. The van der Waals surface area contributed by atoms with Crippen molar-refractivity contribution in [2.75, 3.05) is 14.2 Å². The molecule has 164 valence electrons.